The second-order valence-corrected chi connectivity index (χ2v) is 4.05. The van der Waals surface area contributed by atoms with Crippen molar-refractivity contribution in [3.8, 4) is 5.95 Å². The standard InChI is InChI=1S/C12H15N5O2/c1-4-19-11(18)10-9(13)6-17(16-10)12-14-7(2)5-8(3)15-12/h5-6H,4,13H2,1-3H3. The molecule has 0 saturated heterocycles. The van der Waals surface area contributed by atoms with E-state index in [1.807, 2.05) is 19.9 Å². The molecule has 0 amide bonds. The molecular formula is C12H15N5O2. The van der Waals surface area contributed by atoms with Gasteiger partial charge in [-0.05, 0) is 26.8 Å². The number of aromatic nitrogens is 4. The van der Waals surface area contributed by atoms with Gasteiger partial charge in [-0.1, -0.05) is 0 Å². The van der Waals surface area contributed by atoms with Gasteiger partial charge < -0.3 is 10.5 Å². The van der Waals surface area contributed by atoms with Crippen LogP contribution in [0, 0.1) is 13.8 Å². The van der Waals surface area contributed by atoms with Gasteiger partial charge in [-0.3, -0.25) is 0 Å². The van der Waals surface area contributed by atoms with Crippen LogP contribution < -0.4 is 5.73 Å². The molecule has 19 heavy (non-hydrogen) atoms. The summed E-state index contributed by atoms with van der Waals surface area (Å²) in [6.45, 7) is 5.71. The van der Waals surface area contributed by atoms with Gasteiger partial charge in [0.25, 0.3) is 5.95 Å². The smallest absolute Gasteiger partial charge is 0.361 e. The Labute approximate surface area is 110 Å². The van der Waals surface area contributed by atoms with E-state index in [1.165, 1.54) is 10.9 Å². The van der Waals surface area contributed by atoms with Gasteiger partial charge >= 0.3 is 5.97 Å². The Balaban J connectivity index is 2.41. The molecule has 0 atom stereocenters. The zero-order valence-electron chi connectivity index (χ0n) is 11.0. The molecule has 2 heterocycles. The lowest BCUT2D eigenvalue weighted by Gasteiger charge is -2.02. The number of rotatable bonds is 3. The van der Waals surface area contributed by atoms with Gasteiger partial charge in [-0.25, -0.2) is 19.4 Å². The van der Waals surface area contributed by atoms with Gasteiger partial charge in [-0.15, -0.1) is 0 Å². The van der Waals surface area contributed by atoms with Crippen LogP contribution in [0.1, 0.15) is 28.8 Å². The monoisotopic (exact) mass is 261 g/mol. The van der Waals surface area contributed by atoms with Crippen molar-refractivity contribution in [1.29, 1.82) is 0 Å². The van der Waals surface area contributed by atoms with Gasteiger partial charge in [0, 0.05) is 11.4 Å². The van der Waals surface area contributed by atoms with Crippen LogP contribution in [0.15, 0.2) is 12.3 Å². The Kier molecular flexibility index (Phi) is 3.46. The number of aryl methyl sites for hydroxylation is 2. The zero-order chi connectivity index (χ0) is 14.0. The van der Waals surface area contributed by atoms with E-state index in [-0.39, 0.29) is 18.0 Å². The molecule has 2 N–H and O–H groups in total. The van der Waals surface area contributed by atoms with Gasteiger partial charge in [-0.2, -0.15) is 5.10 Å². The summed E-state index contributed by atoms with van der Waals surface area (Å²) < 4.78 is 6.25. The number of hydrogen-bond acceptors (Lipinski definition) is 6. The maximum absolute atomic E-state index is 11.6. The molecule has 0 radical (unpaired) electrons. The number of carbonyl (C=O) groups is 1. The van der Waals surface area contributed by atoms with E-state index in [0.29, 0.717) is 5.95 Å². The number of ether oxygens (including phenoxy) is 1. The molecule has 0 spiro atoms. The summed E-state index contributed by atoms with van der Waals surface area (Å²) in [5.41, 5.74) is 7.69. The van der Waals surface area contributed by atoms with Gasteiger partial charge in [0.05, 0.1) is 18.5 Å². The predicted molar refractivity (Wildman–Crippen MR) is 69.0 cm³/mol. The van der Waals surface area contributed by atoms with E-state index in [4.69, 9.17) is 10.5 Å². The fourth-order valence-electron chi connectivity index (χ4n) is 1.66. The molecule has 100 valence electrons. The Morgan fingerprint density at radius 1 is 1.37 bits per heavy atom. The van der Waals surface area contributed by atoms with Gasteiger partial charge in [0.2, 0.25) is 0 Å². The minimum Gasteiger partial charge on any atom is -0.461 e. The van der Waals surface area contributed by atoms with Crippen LogP contribution in [0.2, 0.25) is 0 Å². The SMILES string of the molecule is CCOC(=O)c1nn(-c2nc(C)cc(C)n2)cc1N. The highest BCUT2D eigenvalue weighted by atomic mass is 16.5. The highest BCUT2D eigenvalue weighted by molar-refractivity contribution is 5.92. The van der Waals surface area contributed by atoms with E-state index in [9.17, 15) is 4.79 Å². The minimum atomic E-state index is -0.553. The largest absolute Gasteiger partial charge is 0.461 e. The van der Waals surface area contributed by atoms with Crippen LogP contribution in [0.3, 0.4) is 0 Å². The summed E-state index contributed by atoms with van der Waals surface area (Å²) in [5, 5.41) is 4.07. The van der Waals surface area contributed by atoms with Crippen molar-refractivity contribution >= 4 is 11.7 Å². The quantitative estimate of drug-likeness (QED) is 0.829. The third-order valence-corrected chi connectivity index (χ3v) is 2.39. The summed E-state index contributed by atoms with van der Waals surface area (Å²) in [7, 11) is 0. The fraction of sp³-hybridized carbons (Fsp3) is 0.333. The lowest BCUT2D eigenvalue weighted by molar-refractivity contribution is 0.0520. The average molecular weight is 261 g/mol. The average Bonchev–Trinajstić information content (AvgIpc) is 2.70. The van der Waals surface area contributed by atoms with Crippen LogP contribution in [0.5, 0.6) is 0 Å². The number of hydrogen-bond donors (Lipinski definition) is 1. The second kappa shape index (κ2) is 5.05. The highest BCUT2D eigenvalue weighted by Crippen LogP contribution is 2.13. The summed E-state index contributed by atoms with van der Waals surface area (Å²) in [6, 6.07) is 1.85. The molecule has 0 aliphatic heterocycles. The molecule has 7 nitrogen and oxygen atoms in total. The fourth-order valence-corrected chi connectivity index (χ4v) is 1.66. The zero-order valence-corrected chi connectivity index (χ0v) is 11.0. The molecular weight excluding hydrogens is 246 g/mol. The van der Waals surface area contributed by atoms with Crippen molar-refractivity contribution in [3.63, 3.8) is 0 Å². The topological polar surface area (TPSA) is 95.9 Å². The normalized spacial score (nSPS) is 10.5. The molecule has 0 aliphatic rings. The first-order valence-corrected chi connectivity index (χ1v) is 5.86. The molecule has 0 aliphatic carbocycles. The van der Waals surface area contributed by atoms with Crippen LogP contribution in [-0.4, -0.2) is 32.3 Å². The van der Waals surface area contributed by atoms with Crippen molar-refractivity contribution in [2.75, 3.05) is 12.3 Å². The summed E-state index contributed by atoms with van der Waals surface area (Å²) in [4.78, 5) is 20.1. The lowest BCUT2D eigenvalue weighted by atomic mass is 10.4. The van der Waals surface area contributed by atoms with Gasteiger partial charge in [0.15, 0.2) is 5.69 Å². The third kappa shape index (κ3) is 2.70. The lowest BCUT2D eigenvalue weighted by Crippen LogP contribution is -2.09. The van der Waals surface area contributed by atoms with Crippen molar-refractivity contribution < 1.29 is 9.53 Å². The Hall–Kier alpha value is -2.44. The molecule has 2 rings (SSSR count). The summed E-state index contributed by atoms with van der Waals surface area (Å²) in [6.07, 6.45) is 1.50. The van der Waals surface area contributed by atoms with Crippen molar-refractivity contribution in [2.24, 2.45) is 0 Å². The first-order valence-electron chi connectivity index (χ1n) is 5.86. The Morgan fingerprint density at radius 3 is 2.58 bits per heavy atom. The van der Waals surface area contributed by atoms with E-state index in [0.717, 1.165) is 11.4 Å². The van der Waals surface area contributed by atoms with E-state index in [1.54, 1.807) is 6.92 Å². The predicted octanol–water partition coefficient (Wildman–Crippen LogP) is 1.04. The summed E-state index contributed by atoms with van der Waals surface area (Å²) in [5.74, 6) is -0.178. The second-order valence-electron chi connectivity index (χ2n) is 4.05. The maximum atomic E-state index is 11.6. The van der Waals surface area contributed by atoms with E-state index < -0.39 is 5.97 Å². The molecule has 0 bridgehead atoms. The molecule has 2 aromatic rings. The molecule has 2 aromatic heterocycles. The summed E-state index contributed by atoms with van der Waals surface area (Å²) >= 11 is 0. The maximum Gasteiger partial charge on any atom is 0.361 e. The van der Waals surface area contributed by atoms with Crippen molar-refractivity contribution in [3.05, 3.63) is 29.3 Å². The molecule has 0 aromatic carbocycles. The minimum absolute atomic E-state index is 0.0737. The third-order valence-electron chi connectivity index (χ3n) is 2.39. The van der Waals surface area contributed by atoms with Crippen LogP contribution in [0.4, 0.5) is 5.69 Å². The number of nitrogens with two attached hydrogens (primary N) is 1. The number of esters is 1. The molecule has 0 unspecified atom stereocenters. The number of anilines is 1. The van der Waals surface area contributed by atoms with Crippen LogP contribution >= 0.6 is 0 Å². The van der Waals surface area contributed by atoms with Gasteiger partial charge in [0.1, 0.15) is 0 Å². The van der Waals surface area contributed by atoms with Crippen molar-refractivity contribution in [2.45, 2.75) is 20.8 Å². The number of nitrogen functional groups attached to an aromatic ring is 1. The molecule has 0 fully saturated rings. The number of nitrogens with zero attached hydrogens (tertiary/aromatic N) is 4. The van der Waals surface area contributed by atoms with Crippen LogP contribution in [0.25, 0.3) is 5.95 Å². The van der Waals surface area contributed by atoms with Crippen LogP contribution in [-0.2, 0) is 4.74 Å². The van der Waals surface area contributed by atoms with E-state index >= 15 is 0 Å². The Bertz CT molecular complexity index is 600. The van der Waals surface area contributed by atoms with E-state index in [2.05, 4.69) is 15.1 Å². The highest BCUT2D eigenvalue weighted by Gasteiger charge is 2.17. The molecule has 7 heteroatoms. The molecule has 0 saturated carbocycles. The Morgan fingerprint density at radius 2 is 2.00 bits per heavy atom. The van der Waals surface area contributed by atoms with Crippen molar-refractivity contribution in [1.82, 2.24) is 19.7 Å². The first-order chi connectivity index (χ1) is 9.01. The number of carbonyl (C=O) groups excluding carboxylic acids is 1. The first kappa shape index (κ1) is 13.0.